The molecule has 1 aromatic heterocycles. The van der Waals surface area contributed by atoms with Crippen LogP contribution in [0.4, 0.5) is 0 Å². The quantitative estimate of drug-likeness (QED) is 0.0910. The van der Waals surface area contributed by atoms with E-state index < -0.39 is 24.0 Å². The van der Waals surface area contributed by atoms with Crippen molar-refractivity contribution in [1.29, 1.82) is 0 Å². The maximum Gasteiger partial charge on any atom is 0.326 e. The Kier molecular flexibility index (Phi) is 15.4. The third-order valence-corrected chi connectivity index (χ3v) is 8.16. The zero-order valence-electron chi connectivity index (χ0n) is 25.9. The molecule has 0 bridgehead atoms. The van der Waals surface area contributed by atoms with E-state index in [1.807, 2.05) is 60.8 Å². The van der Waals surface area contributed by atoms with Gasteiger partial charge in [0.2, 0.25) is 11.8 Å². The maximum atomic E-state index is 13.4. The average molecular weight is 590 g/mol. The first-order valence-corrected chi connectivity index (χ1v) is 16.4. The second kappa shape index (κ2) is 19.6. The summed E-state index contributed by atoms with van der Waals surface area (Å²) in [5, 5.41) is 16.4. The summed E-state index contributed by atoms with van der Waals surface area (Å²) in [7, 11) is 0. The van der Waals surface area contributed by atoms with Crippen LogP contribution in [0.15, 0.2) is 60.8 Å². The van der Waals surface area contributed by atoms with Gasteiger partial charge in [0, 0.05) is 36.4 Å². The van der Waals surface area contributed by atoms with Crippen molar-refractivity contribution in [2.24, 2.45) is 0 Å². The van der Waals surface area contributed by atoms with Gasteiger partial charge in [-0.15, -0.1) is 0 Å². The van der Waals surface area contributed by atoms with Crippen LogP contribution in [0.5, 0.6) is 0 Å². The highest BCUT2D eigenvalue weighted by atomic mass is 16.4. The Balaban J connectivity index is 1.47. The molecule has 43 heavy (non-hydrogen) atoms. The van der Waals surface area contributed by atoms with E-state index in [0.717, 1.165) is 41.3 Å². The number of aliphatic carboxylic acids is 1. The monoisotopic (exact) mass is 589 g/mol. The second-order valence-electron chi connectivity index (χ2n) is 11.8. The van der Waals surface area contributed by atoms with Crippen molar-refractivity contribution in [3.8, 4) is 0 Å². The molecule has 0 aliphatic heterocycles. The molecule has 0 aliphatic carbocycles. The first-order chi connectivity index (χ1) is 21.0. The van der Waals surface area contributed by atoms with Gasteiger partial charge in [0.05, 0.1) is 0 Å². The molecule has 3 aromatic rings. The van der Waals surface area contributed by atoms with Crippen molar-refractivity contribution in [3.63, 3.8) is 0 Å². The number of aromatic nitrogens is 1. The first kappa shape index (κ1) is 33.9. The van der Waals surface area contributed by atoms with Crippen LogP contribution >= 0.6 is 0 Å². The Morgan fingerprint density at radius 2 is 1.28 bits per heavy atom. The number of carboxylic acid groups (broad SMARTS) is 1. The number of hydrogen-bond donors (Lipinski definition) is 4. The number of aromatic amines is 1. The summed E-state index contributed by atoms with van der Waals surface area (Å²) in [5.74, 6) is -1.79. The number of nitrogens with one attached hydrogen (secondary N) is 3. The molecule has 1 heterocycles. The predicted octanol–water partition coefficient (Wildman–Crippen LogP) is 7.49. The number of hydrogen-bond acceptors (Lipinski definition) is 3. The summed E-state index contributed by atoms with van der Waals surface area (Å²) in [6, 6.07) is 15.0. The predicted molar refractivity (Wildman–Crippen MR) is 174 cm³/mol. The van der Waals surface area contributed by atoms with E-state index >= 15 is 0 Å². The summed E-state index contributed by atoms with van der Waals surface area (Å²) >= 11 is 0. The summed E-state index contributed by atoms with van der Waals surface area (Å²) < 4.78 is 0. The Morgan fingerprint density at radius 1 is 0.698 bits per heavy atom. The van der Waals surface area contributed by atoms with E-state index in [1.54, 1.807) is 0 Å². The van der Waals surface area contributed by atoms with Gasteiger partial charge in [0.1, 0.15) is 12.1 Å². The molecule has 7 nitrogen and oxygen atoms in total. The molecule has 0 radical (unpaired) electrons. The summed E-state index contributed by atoms with van der Waals surface area (Å²) in [4.78, 5) is 41.6. The van der Waals surface area contributed by atoms with Gasteiger partial charge in [0.15, 0.2) is 0 Å². The number of fused-ring (bicyclic) bond motifs is 1. The number of benzene rings is 2. The number of carboxylic acids is 1. The Hall–Kier alpha value is -3.61. The topological polar surface area (TPSA) is 111 Å². The van der Waals surface area contributed by atoms with E-state index in [0.29, 0.717) is 6.42 Å². The smallest absolute Gasteiger partial charge is 0.326 e. The highest BCUT2D eigenvalue weighted by Crippen LogP contribution is 2.20. The van der Waals surface area contributed by atoms with Crippen LogP contribution in [-0.2, 0) is 27.2 Å². The summed E-state index contributed by atoms with van der Waals surface area (Å²) in [6.07, 6.45) is 18.7. The molecule has 2 unspecified atom stereocenters. The molecule has 2 aromatic carbocycles. The highest BCUT2D eigenvalue weighted by Gasteiger charge is 2.27. The molecule has 0 saturated heterocycles. The fourth-order valence-electron chi connectivity index (χ4n) is 5.62. The van der Waals surface area contributed by atoms with Crippen LogP contribution in [0.2, 0.25) is 0 Å². The van der Waals surface area contributed by atoms with Gasteiger partial charge in [-0.3, -0.25) is 9.59 Å². The van der Waals surface area contributed by atoms with Gasteiger partial charge >= 0.3 is 5.97 Å². The highest BCUT2D eigenvalue weighted by molar-refractivity contribution is 5.91. The molecule has 2 amide bonds. The molecule has 2 atom stereocenters. The number of rotatable bonds is 22. The zero-order chi connectivity index (χ0) is 30.7. The summed E-state index contributed by atoms with van der Waals surface area (Å²) in [6.45, 7) is 2.25. The van der Waals surface area contributed by atoms with E-state index in [9.17, 15) is 19.5 Å². The van der Waals surface area contributed by atoms with Gasteiger partial charge in [-0.2, -0.15) is 0 Å². The molecule has 0 fully saturated rings. The molecule has 7 heteroatoms. The zero-order valence-corrected chi connectivity index (χ0v) is 25.9. The van der Waals surface area contributed by atoms with Crippen molar-refractivity contribution < 1.29 is 19.5 Å². The summed E-state index contributed by atoms with van der Waals surface area (Å²) in [5.41, 5.74) is 2.66. The normalized spacial score (nSPS) is 12.6. The molecule has 0 aliphatic rings. The van der Waals surface area contributed by atoms with Crippen LogP contribution in [-0.4, -0.2) is 40.0 Å². The molecular formula is C36H51N3O4. The first-order valence-electron chi connectivity index (χ1n) is 16.4. The number of unbranched alkanes of at least 4 members (excludes halogenated alkanes) is 12. The third-order valence-electron chi connectivity index (χ3n) is 8.16. The SMILES string of the molecule is CCCCCCCCCCCCCCCC(=O)NC(Cc1c[nH]c2ccccc12)C(=O)NC(Cc1ccccc1)C(=O)O. The van der Waals surface area contributed by atoms with E-state index in [1.165, 1.54) is 64.2 Å². The van der Waals surface area contributed by atoms with Crippen molar-refractivity contribution in [3.05, 3.63) is 71.9 Å². The van der Waals surface area contributed by atoms with Crippen molar-refractivity contribution in [1.82, 2.24) is 15.6 Å². The van der Waals surface area contributed by atoms with Crippen molar-refractivity contribution in [2.45, 2.75) is 122 Å². The Bertz CT molecular complexity index is 1240. The minimum absolute atomic E-state index is 0.161. The van der Waals surface area contributed by atoms with Crippen LogP contribution in [0.1, 0.15) is 108 Å². The second-order valence-corrected chi connectivity index (χ2v) is 11.8. The lowest BCUT2D eigenvalue weighted by atomic mass is 10.0. The minimum Gasteiger partial charge on any atom is -0.480 e. The number of carbonyl (C=O) groups excluding carboxylic acids is 2. The fourth-order valence-corrected chi connectivity index (χ4v) is 5.62. The molecule has 0 saturated carbocycles. The Morgan fingerprint density at radius 3 is 1.91 bits per heavy atom. The largest absolute Gasteiger partial charge is 0.480 e. The minimum atomic E-state index is -1.11. The van der Waals surface area contributed by atoms with Gasteiger partial charge in [-0.1, -0.05) is 133 Å². The molecule has 234 valence electrons. The van der Waals surface area contributed by atoms with E-state index in [2.05, 4.69) is 22.5 Å². The standard InChI is InChI=1S/C36H51N3O4/c1-2-3-4-5-6-7-8-9-10-11-12-13-17-24-34(40)38-32(26-29-27-37-31-23-19-18-22-30(29)31)35(41)39-33(36(42)43)25-28-20-15-14-16-21-28/h14-16,18-23,27,32-33,37H,2-13,17,24-26H2,1H3,(H,38,40)(H,39,41)(H,42,43). The van der Waals surface area contributed by atoms with E-state index in [4.69, 9.17) is 0 Å². The molecule has 0 spiro atoms. The van der Waals surface area contributed by atoms with Crippen LogP contribution in [0.3, 0.4) is 0 Å². The lowest BCUT2D eigenvalue weighted by Gasteiger charge is -2.22. The Labute approximate surface area is 257 Å². The lowest BCUT2D eigenvalue weighted by Crippen LogP contribution is -2.53. The van der Waals surface area contributed by atoms with Gasteiger partial charge in [-0.05, 0) is 23.6 Å². The van der Waals surface area contributed by atoms with Crippen LogP contribution in [0, 0.1) is 0 Å². The van der Waals surface area contributed by atoms with E-state index in [-0.39, 0.29) is 18.7 Å². The lowest BCUT2D eigenvalue weighted by molar-refractivity contribution is -0.142. The van der Waals surface area contributed by atoms with Crippen LogP contribution < -0.4 is 10.6 Å². The van der Waals surface area contributed by atoms with Crippen LogP contribution in [0.25, 0.3) is 10.9 Å². The third kappa shape index (κ3) is 12.7. The molecule has 3 rings (SSSR count). The van der Waals surface area contributed by atoms with Gasteiger partial charge in [-0.25, -0.2) is 4.79 Å². The molecular weight excluding hydrogens is 538 g/mol. The van der Waals surface area contributed by atoms with Crippen molar-refractivity contribution >= 4 is 28.7 Å². The number of carbonyl (C=O) groups is 3. The number of amides is 2. The maximum absolute atomic E-state index is 13.4. The van der Waals surface area contributed by atoms with Crippen molar-refractivity contribution in [2.75, 3.05) is 0 Å². The van der Waals surface area contributed by atoms with Gasteiger partial charge < -0.3 is 20.7 Å². The average Bonchev–Trinajstić information content (AvgIpc) is 3.42. The fraction of sp³-hybridized carbons (Fsp3) is 0.528. The van der Waals surface area contributed by atoms with Gasteiger partial charge in [0.25, 0.3) is 0 Å². The number of H-pyrrole nitrogens is 1. The number of para-hydroxylation sites is 1. The molecule has 4 N–H and O–H groups in total.